The molecule has 0 amide bonds. The summed E-state index contributed by atoms with van der Waals surface area (Å²) in [5.74, 6) is 0.961. The number of methoxy groups -OCH3 is 1. The van der Waals surface area contributed by atoms with E-state index >= 15 is 0 Å². The van der Waals surface area contributed by atoms with Gasteiger partial charge in [-0.15, -0.1) is 11.3 Å². The summed E-state index contributed by atoms with van der Waals surface area (Å²) in [6, 6.07) is 0. The number of ether oxygens (including phenoxy) is 1. The van der Waals surface area contributed by atoms with Crippen LogP contribution in [0.25, 0.3) is 0 Å². The molecule has 0 aliphatic heterocycles. The van der Waals surface area contributed by atoms with Crippen molar-refractivity contribution < 1.29 is 13.9 Å². The molecule has 0 bridgehead atoms. The summed E-state index contributed by atoms with van der Waals surface area (Å²) in [4.78, 5) is 19.5. The molecule has 0 fully saturated rings. The van der Waals surface area contributed by atoms with E-state index in [1.54, 1.807) is 5.38 Å². The van der Waals surface area contributed by atoms with Gasteiger partial charge in [-0.2, -0.15) is 0 Å². The molecule has 7 heteroatoms. The maximum Gasteiger partial charge on any atom is 0.357 e. The van der Waals surface area contributed by atoms with Crippen LogP contribution in [0.3, 0.4) is 0 Å². The molecule has 0 radical (unpaired) electrons. The lowest BCUT2D eigenvalue weighted by atomic mass is 10.4. The molecule has 2 aromatic heterocycles. The van der Waals surface area contributed by atoms with Crippen molar-refractivity contribution in [3.63, 3.8) is 0 Å². The number of carbonyl (C=O) groups is 1. The molecule has 2 aromatic rings. The van der Waals surface area contributed by atoms with Gasteiger partial charge in [0.2, 0.25) is 5.89 Å². The Kier molecular flexibility index (Phi) is 3.61. The van der Waals surface area contributed by atoms with Crippen molar-refractivity contribution in [3.05, 3.63) is 28.4 Å². The van der Waals surface area contributed by atoms with Gasteiger partial charge in [-0.3, -0.25) is 0 Å². The van der Waals surface area contributed by atoms with Gasteiger partial charge in [-0.1, -0.05) is 0 Å². The number of thiazole rings is 1. The zero-order valence-corrected chi connectivity index (χ0v) is 11.1. The van der Waals surface area contributed by atoms with Gasteiger partial charge in [-0.25, -0.2) is 14.8 Å². The number of esters is 1. The SMILES string of the molecule is COC(=O)c1csc(NCc2nc(C)c(C)o2)n1. The molecule has 0 aliphatic rings. The number of carbonyl (C=O) groups excluding carboxylic acids is 1. The molecule has 2 rings (SSSR count). The lowest BCUT2D eigenvalue weighted by molar-refractivity contribution is 0.0595. The third-order valence-electron chi connectivity index (χ3n) is 2.36. The fourth-order valence-electron chi connectivity index (χ4n) is 1.32. The smallest absolute Gasteiger partial charge is 0.357 e. The second-order valence-electron chi connectivity index (χ2n) is 3.63. The zero-order chi connectivity index (χ0) is 13.1. The Hall–Kier alpha value is -1.89. The molecule has 96 valence electrons. The van der Waals surface area contributed by atoms with E-state index in [0.717, 1.165) is 11.5 Å². The third-order valence-corrected chi connectivity index (χ3v) is 3.16. The quantitative estimate of drug-likeness (QED) is 0.855. The van der Waals surface area contributed by atoms with Crippen molar-refractivity contribution >= 4 is 22.4 Å². The first-order chi connectivity index (χ1) is 8.60. The second kappa shape index (κ2) is 5.18. The average molecular weight is 267 g/mol. The summed E-state index contributed by atoms with van der Waals surface area (Å²) < 4.78 is 10.0. The number of nitrogens with one attached hydrogen (secondary N) is 1. The van der Waals surface area contributed by atoms with Crippen LogP contribution < -0.4 is 5.32 Å². The summed E-state index contributed by atoms with van der Waals surface area (Å²) in [5, 5.41) is 5.31. The normalized spacial score (nSPS) is 10.4. The highest BCUT2D eigenvalue weighted by atomic mass is 32.1. The van der Waals surface area contributed by atoms with Gasteiger partial charge >= 0.3 is 5.97 Å². The van der Waals surface area contributed by atoms with Gasteiger partial charge in [-0.05, 0) is 13.8 Å². The Bertz CT molecular complexity index is 542. The predicted molar refractivity (Wildman–Crippen MR) is 66.8 cm³/mol. The Morgan fingerprint density at radius 1 is 1.50 bits per heavy atom. The van der Waals surface area contributed by atoms with Crippen LogP contribution in [0.4, 0.5) is 5.13 Å². The van der Waals surface area contributed by atoms with Crippen LogP contribution in [0.2, 0.25) is 0 Å². The van der Waals surface area contributed by atoms with E-state index in [2.05, 4.69) is 20.0 Å². The lowest BCUT2D eigenvalue weighted by Gasteiger charge is -1.97. The molecule has 0 unspecified atom stereocenters. The van der Waals surface area contributed by atoms with Crippen LogP contribution in [0.15, 0.2) is 9.80 Å². The molecular weight excluding hydrogens is 254 g/mol. The molecule has 2 heterocycles. The van der Waals surface area contributed by atoms with Crippen LogP contribution in [-0.4, -0.2) is 23.0 Å². The third kappa shape index (κ3) is 2.67. The monoisotopic (exact) mass is 267 g/mol. The Balaban J connectivity index is 1.98. The molecule has 0 atom stereocenters. The Morgan fingerprint density at radius 3 is 2.89 bits per heavy atom. The number of aryl methyl sites for hydroxylation is 2. The summed E-state index contributed by atoms with van der Waals surface area (Å²) in [5.41, 5.74) is 1.17. The highest BCUT2D eigenvalue weighted by Crippen LogP contribution is 2.17. The summed E-state index contributed by atoms with van der Waals surface area (Å²) >= 11 is 1.33. The molecule has 6 nitrogen and oxygen atoms in total. The number of hydrogen-bond donors (Lipinski definition) is 1. The van der Waals surface area contributed by atoms with Crippen molar-refractivity contribution in [2.45, 2.75) is 20.4 Å². The lowest BCUT2D eigenvalue weighted by Crippen LogP contribution is -2.03. The van der Waals surface area contributed by atoms with E-state index in [-0.39, 0.29) is 0 Å². The standard InChI is InChI=1S/C11H13N3O3S/c1-6-7(2)17-9(13-6)4-12-11-14-8(5-18-11)10(15)16-3/h5H,4H2,1-3H3,(H,12,14). The number of hydrogen-bond acceptors (Lipinski definition) is 7. The van der Waals surface area contributed by atoms with E-state index in [4.69, 9.17) is 4.42 Å². The molecule has 0 aromatic carbocycles. The van der Waals surface area contributed by atoms with Gasteiger partial charge in [0.25, 0.3) is 0 Å². The van der Waals surface area contributed by atoms with E-state index < -0.39 is 5.97 Å². The van der Waals surface area contributed by atoms with Crippen molar-refractivity contribution in [1.29, 1.82) is 0 Å². The number of anilines is 1. The number of aromatic nitrogens is 2. The number of oxazole rings is 1. The minimum atomic E-state index is -0.442. The maximum absolute atomic E-state index is 11.2. The first-order valence-corrected chi connectivity index (χ1v) is 6.18. The van der Waals surface area contributed by atoms with Crippen molar-refractivity contribution in [3.8, 4) is 0 Å². The fourth-order valence-corrected chi connectivity index (χ4v) is 2.00. The minimum absolute atomic E-state index is 0.296. The molecule has 18 heavy (non-hydrogen) atoms. The van der Waals surface area contributed by atoms with Crippen LogP contribution in [0, 0.1) is 13.8 Å². The van der Waals surface area contributed by atoms with Gasteiger partial charge in [0.1, 0.15) is 5.76 Å². The fraction of sp³-hybridized carbons (Fsp3) is 0.364. The van der Waals surface area contributed by atoms with Crippen LogP contribution in [0.5, 0.6) is 0 Å². The first-order valence-electron chi connectivity index (χ1n) is 5.30. The average Bonchev–Trinajstić information content (AvgIpc) is 2.94. The second-order valence-corrected chi connectivity index (χ2v) is 4.49. The predicted octanol–water partition coefficient (Wildman–Crippen LogP) is 2.15. The van der Waals surface area contributed by atoms with Gasteiger partial charge in [0.15, 0.2) is 10.8 Å². The van der Waals surface area contributed by atoms with Crippen LogP contribution in [-0.2, 0) is 11.3 Å². The van der Waals surface area contributed by atoms with Gasteiger partial charge in [0.05, 0.1) is 19.3 Å². The maximum atomic E-state index is 11.2. The highest BCUT2D eigenvalue weighted by Gasteiger charge is 2.11. The molecule has 0 saturated carbocycles. The Labute approximate surface area is 108 Å². The van der Waals surface area contributed by atoms with Crippen molar-refractivity contribution in [2.24, 2.45) is 0 Å². The van der Waals surface area contributed by atoms with Crippen molar-refractivity contribution in [2.75, 3.05) is 12.4 Å². The van der Waals surface area contributed by atoms with Crippen LogP contribution >= 0.6 is 11.3 Å². The van der Waals surface area contributed by atoms with Crippen molar-refractivity contribution in [1.82, 2.24) is 9.97 Å². The van der Waals surface area contributed by atoms with Crippen LogP contribution in [0.1, 0.15) is 27.8 Å². The minimum Gasteiger partial charge on any atom is -0.464 e. The Morgan fingerprint density at radius 2 is 2.28 bits per heavy atom. The molecule has 0 spiro atoms. The van der Waals surface area contributed by atoms with E-state index in [9.17, 15) is 4.79 Å². The van der Waals surface area contributed by atoms with E-state index in [1.807, 2.05) is 13.8 Å². The number of nitrogens with zero attached hydrogens (tertiary/aromatic N) is 2. The highest BCUT2D eigenvalue weighted by molar-refractivity contribution is 7.13. The summed E-state index contributed by atoms with van der Waals surface area (Å²) in [7, 11) is 1.33. The molecule has 0 saturated heterocycles. The van der Waals surface area contributed by atoms with Gasteiger partial charge in [0, 0.05) is 5.38 Å². The van der Waals surface area contributed by atoms with Gasteiger partial charge < -0.3 is 14.5 Å². The summed E-state index contributed by atoms with van der Waals surface area (Å²) in [6.07, 6.45) is 0. The van der Waals surface area contributed by atoms with E-state index in [0.29, 0.717) is 23.3 Å². The molecular formula is C11H13N3O3S. The molecule has 1 N–H and O–H groups in total. The summed E-state index contributed by atoms with van der Waals surface area (Å²) in [6.45, 7) is 4.19. The first kappa shape index (κ1) is 12.6. The zero-order valence-electron chi connectivity index (χ0n) is 10.3. The largest absolute Gasteiger partial charge is 0.464 e. The molecule has 0 aliphatic carbocycles. The number of rotatable bonds is 4. The van der Waals surface area contributed by atoms with E-state index in [1.165, 1.54) is 18.4 Å². The topological polar surface area (TPSA) is 77.2 Å².